The van der Waals surface area contributed by atoms with Crippen molar-refractivity contribution >= 4 is 0 Å². The van der Waals surface area contributed by atoms with Crippen LogP contribution in [0.15, 0.2) is 6.07 Å². The minimum absolute atomic E-state index is 0.0152. The Kier molecular flexibility index (Phi) is 5.24. The molecule has 2 N–H and O–H groups in total. The largest absolute Gasteiger partial charge is 0.489 e. The number of hydrogen-bond donors (Lipinski definition) is 2. The Balaban J connectivity index is 2.60. The molecule has 0 aliphatic carbocycles. The Morgan fingerprint density at radius 1 is 1.24 bits per heavy atom. The number of hydrogen-bond acceptors (Lipinski definition) is 3. The predicted molar refractivity (Wildman–Crippen MR) is 56.5 cm³/mol. The molecule has 0 atom stereocenters. The summed E-state index contributed by atoms with van der Waals surface area (Å²) in [5.41, 5.74) is -0.400. The predicted octanol–water partition coefficient (Wildman–Crippen LogP) is 1.37. The van der Waals surface area contributed by atoms with E-state index in [0.717, 1.165) is 6.92 Å². The zero-order chi connectivity index (χ0) is 12.8. The van der Waals surface area contributed by atoms with E-state index >= 15 is 0 Å². The summed E-state index contributed by atoms with van der Waals surface area (Å²) in [6.07, 6.45) is 0. The molecule has 96 valence electrons. The third kappa shape index (κ3) is 3.61. The molecule has 17 heavy (non-hydrogen) atoms. The number of nitrogens with one attached hydrogen (secondary N) is 1. The number of aliphatic hydroxyl groups is 1. The number of ether oxygens (including phenoxy) is 1. The molecule has 1 aromatic carbocycles. The topological polar surface area (TPSA) is 41.5 Å². The van der Waals surface area contributed by atoms with Crippen LogP contribution in [0.4, 0.5) is 13.2 Å². The van der Waals surface area contributed by atoms with Gasteiger partial charge in [0.25, 0.3) is 0 Å². The van der Waals surface area contributed by atoms with E-state index in [1.807, 2.05) is 0 Å². The third-order valence-corrected chi connectivity index (χ3v) is 2.17. The van der Waals surface area contributed by atoms with Crippen molar-refractivity contribution in [2.45, 2.75) is 6.92 Å². The average Bonchev–Trinajstić information content (AvgIpc) is 2.32. The van der Waals surface area contributed by atoms with Crippen molar-refractivity contribution in [2.75, 3.05) is 26.3 Å². The van der Waals surface area contributed by atoms with Crippen LogP contribution in [-0.4, -0.2) is 31.4 Å². The Labute approximate surface area is 97.2 Å². The molecule has 0 spiro atoms. The molecule has 0 aromatic heterocycles. The molecule has 0 heterocycles. The second-order valence-electron chi connectivity index (χ2n) is 3.43. The zero-order valence-electron chi connectivity index (χ0n) is 9.40. The van der Waals surface area contributed by atoms with E-state index in [1.165, 1.54) is 0 Å². The number of aliphatic hydroxyl groups excluding tert-OH is 1. The first-order valence-corrected chi connectivity index (χ1v) is 5.16. The lowest BCUT2D eigenvalue weighted by molar-refractivity contribution is 0.269. The van der Waals surface area contributed by atoms with Gasteiger partial charge in [0.2, 0.25) is 0 Å². The Morgan fingerprint density at radius 2 is 1.94 bits per heavy atom. The first-order chi connectivity index (χ1) is 8.07. The molecule has 1 rings (SSSR count). The van der Waals surface area contributed by atoms with Gasteiger partial charge in [0.1, 0.15) is 6.61 Å². The SMILES string of the molecule is Cc1c(F)c(F)cc(OCCNCCO)c1F. The Morgan fingerprint density at radius 3 is 2.59 bits per heavy atom. The van der Waals surface area contributed by atoms with Gasteiger partial charge >= 0.3 is 0 Å². The van der Waals surface area contributed by atoms with Crippen LogP contribution in [0.3, 0.4) is 0 Å². The number of rotatable bonds is 6. The van der Waals surface area contributed by atoms with E-state index in [-0.39, 0.29) is 19.0 Å². The van der Waals surface area contributed by atoms with E-state index < -0.39 is 23.0 Å². The third-order valence-electron chi connectivity index (χ3n) is 2.17. The molecule has 0 aliphatic rings. The van der Waals surface area contributed by atoms with Gasteiger partial charge < -0.3 is 15.2 Å². The van der Waals surface area contributed by atoms with Crippen LogP contribution in [-0.2, 0) is 0 Å². The van der Waals surface area contributed by atoms with Crippen LogP contribution in [0.1, 0.15) is 5.56 Å². The standard InChI is InChI=1S/C11H14F3NO2/c1-7-10(13)8(12)6-9(11(7)14)17-5-3-15-2-4-16/h6,15-16H,2-5H2,1H3. The highest BCUT2D eigenvalue weighted by atomic mass is 19.2. The second kappa shape index (κ2) is 6.46. The van der Waals surface area contributed by atoms with Crippen molar-refractivity contribution < 1.29 is 23.0 Å². The first kappa shape index (κ1) is 13.8. The van der Waals surface area contributed by atoms with Gasteiger partial charge in [0.15, 0.2) is 23.2 Å². The number of benzene rings is 1. The number of halogens is 3. The molecule has 0 unspecified atom stereocenters. The van der Waals surface area contributed by atoms with Crippen molar-refractivity contribution in [2.24, 2.45) is 0 Å². The smallest absolute Gasteiger partial charge is 0.171 e. The minimum Gasteiger partial charge on any atom is -0.489 e. The van der Waals surface area contributed by atoms with Crippen LogP contribution >= 0.6 is 0 Å². The van der Waals surface area contributed by atoms with Crippen molar-refractivity contribution in [1.82, 2.24) is 5.32 Å². The van der Waals surface area contributed by atoms with Gasteiger partial charge in [0, 0.05) is 24.7 Å². The van der Waals surface area contributed by atoms with E-state index in [0.29, 0.717) is 19.2 Å². The summed E-state index contributed by atoms with van der Waals surface area (Å²) in [5, 5.41) is 11.3. The van der Waals surface area contributed by atoms with Gasteiger partial charge in [-0.2, -0.15) is 0 Å². The summed E-state index contributed by atoms with van der Waals surface area (Å²) in [6, 6.07) is 0.684. The molecule has 0 fully saturated rings. The molecule has 1 aromatic rings. The lowest BCUT2D eigenvalue weighted by Gasteiger charge is -2.10. The van der Waals surface area contributed by atoms with Crippen molar-refractivity contribution in [3.63, 3.8) is 0 Å². The molecule has 6 heteroatoms. The Bertz CT molecular complexity index is 385. The van der Waals surface area contributed by atoms with Crippen LogP contribution in [0.5, 0.6) is 5.75 Å². The second-order valence-corrected chi connectivity index (χ2v) is 3.43. The summed E-state index contributed by atoms with van der Waals surface area (Å²) in [4.78, 5) is 0. The highest BCUT2D eigenvalue weighted by Gasteiger charge is 2.16. The highest BCUT2D eigenvalue weighted by Crippen LogP contribution is 2.24. The summed E-state index contributed by atoms with van der Waals surface area (Å²) in [5.74, 6) is -3.55. The molecule has 0 saturated heterocycles. The lowest BCUT2D eigenvalue weighted by Crippen LogP contribution is -2.24. The lowest BCUT2D eigenvalue weighted by atomic mass is 10.2. The zero-order valence-corrected chi connectivity index (χ0v) is 9.40. The maximum atomic E-state index is 13.4. The van der Waals surface area contributed by atoms with Gasteiger partial charge in [-0.05, 0) is 6.92 Å². The van der Waals surface area contributed by atoms with Gasteiger partial charge in [0.05, 0.1) is 6.61 Å². The summed E-state index contributed by atoms with van der Waals surface area (Å²) >= 11 is 0. The van der Waals surface area contributed by atoms with Gasteiger partial charge in [-0.1, -0.05) is 0 Å². The maximum absolute atomic E-state index is 13.4. The van der Waals surface area contributed by atoms with E-state index in [2.05, 4.69) is 5.32 Å². The normalized spacial score (nSPS) is 10.6. The first-order valence-electron chi connectivity index (χ1n) is 5.16. The maximum Gasteiger partial charge on any atom is 0.171 e. The Hall–Kier alpha value is -1.27. The monoisotopic (exact) mass is 249 g/mol. The van der Waals surface area contributed by atoms with Crippen LogP contribution in [0.25, 0.3) is 0 Å². The van der Waals surface area contributed by atoms with Crippen LogP contribution in [0, 0.1) is 24.4 Å². The molecular formula is C11H14F3NO2. The average molecular weight is 249 g/mol. The van der Waals surface area contributed by atoms with Crippen LogP contribution in [0.2, 0.25) is 0 Å². The van der Waals surface area contributed by atoms with Gasteiger partial charge in [-0.3, -0.25) is 0 Å². The van der Waals surface area contributed by atoms with Crippen molar-refractivity contribution in [3.05, 3.63) is 29.1 Å². The molecule has 0 amide bonds. The molecule has 0 aliphatic heterocycles. The summed E-state index contributed by atoms with van der Waals surface area (Å²) in [7, 11) is 0. The molecule has 3 nitrogen and oxygen atoms in total. The van der Waals surface area contributed by atoms with Crippen LogP contribution < -0.4 is 10.1 Å². The van der Waals surface area contributed by atoms with E-state index in [9.17, 15) is 13.2 Å². The molecular weight excluding hydrogens is 235 g/mol. The fraction of sp³-hybridized carbons (Fsp3) is 0.455. The van der Waals surface area contributed by atoms with Gasteiger partial charge in [-0.25, -0.2) is 13.2 Å². The highest BCUT2D eigenvalue weighted by molar-refractivity contribution is 5.32. The van der Waals surface area contributed by atoms with Crippen molar-refractivity contribution in [1.29, 1.82) is 0 Å². The van der Waals surface area contributed by atoms with Crippen molar-refractivity contribution in [3.8, 4) is 5.75 Å². The molecule has 0 bridgehead atoms. The molecule has 0 radical (unpaired) electrons. The fourth-order valence-electron chi connectivity index (χ4n) is 1.24. The van der Waals surface area contributed by atoms with E-state index in [1.54, 1.807) is 0 Å². The quantitative estimate of drug-likeness (QED) is 0.591. The fourth-order valence-corrected chi connectivity index (χ4v) is 1.24. The van der Waals surface area contributed by atoms with E-state index in [4.69, 9.17) is 9.84 Å². The minimum atomic E-state index is -1.20. The summed E-state index contributed by atoms with van der Waals surface area (Å²) in [6.45, 7) is 1.99. The summed E-state index contributed by atoms with van der Waals surface area (Å²) < 4.78 is 44.3. The van der Waals surface area contributed by atoms with Gasteiger partial charge in [-0.15, -0.1) is 0 Å². The molecule has 0 saturated carbocycles.